The van der Waals surface area contributed by atoms with Gasteiger partial charge in [-0.3, -0.25) is 4.79 Å². The predicted octanol–water partition coefficient (Wildman–Crippen LogP) is 2.37. The second kappa shape index (κ2) is 5.63. The minimum absolute atomic E-state index is 0.112. The van der Waals surface area contributed by atoms with Gasteiger partial charge in [-0.15, -0.1) is 0 Å². The van der Waals surface area contributed by atoms with Crippen LogP contribution in [-0.2, 0) is 0 Å². The maximum absolute atomic E-state index is 13.0. The number of carbonyl (C=O) groups is 1. The molecular weight excluding hydrogens is 264 g/mol. The molecule has 3 nitrogen and oxygen atoms in total. The number of rotatable bonds is 4. The van der Waals surface area contributed by atoms with Crippen molar-refractivity contribution in [2.45, 2.75) is 13.8 Å². The van der Waals surface area contributed by atoms with Gasteiger partial charge in [0.25, 0.3) is 5.91 Å². The Morgan fingerprint density at radius 3 is 2.50 bits per heavy atom. The molecule has 0 unspecified atom stereocenters. The highest BCUT2D eigenvalue weighted by molar-refractivity contribution is 6.33. The van der Waals surface area contributed by atoms with Gasteiger partial charge in [-0.2, -0.15) is 0 Å². The summed E-state index contributed by atoms with van der Waals surface area (Å²) >= 11 is 5.66. The van der Waals surface area contributed by atoms with Crippen molar-refractivity contribution in [3.63, 3.8) is 0 Å². The van der Waals surface area contributed by atoms with Crippen molar-refractivity contribution >= 4 is 17.5 Å². The summed E-state index contributed by atoms with van der Waals surface area (Å²) in [4.78, 5) is 11.7. The fourth-order valence-electron chi connectivity index (χ4n) is 1.17. The molecule has 0 aliphatic carbocycles. The van der Waals surface area contributed by atoms with E-state index in [9.17, 15) is 13.6 Å². The van der Waals surface area contributed by atoms with E-state index in [4.69, 9.17) is 16.7 Å². The van der Waals surface area contributed by atoms with Gasteiger partial charge in [0.2, 0.25) is 0 Å². The summed E-state index contributed by atoms with van der Waals surface area (Å²) in [6.45, 7) is 3.58. The molecule has 6 heteroatoms. The van der Waals surface area contributed by atoms with E-state index >= 15 is 0 Å². The molecule has 1 rings (SSSR count). The SMILES string of the molecule is CC(C)(CO)CNC(=O)c1cc(F)c(F)cc1Cl. The first kappa shape index (κ1) is 14.9. The van der Waals surface area contributed by atoms with Crippen LogP contribution in [0.4, 0.5) is 8.78 Å². The molecule has 0 spiro atoms. The number of carbonyl (C=O) groups excluding carboxylic acids is 1. The lowest BCUT2D eigenvalue weighted by atomic mass is 9.95. The quantitative estimate of drug-likeness (QED) is 0.830. The summed E-state index contributed by atoms with van der Waals surface area (Å²) in [5, 5.41) is 11.4. The molecule has 0 aliphatic rings. The van der Waals surface area contributed by atoms with Crippen molar-refractivity contribution in [1.82, 2.24) is 5.32 Å². The van der Waals surface area contributed by atoms with E-state index in [1.807, 2.05) is 0 Å². The Morgan fingerprint density at radius 2 is 1.94 bits per heavy atom. The van der Waals surface area contributed by atoms with Crippen LogP contribution in [0.15, 0.2) is 12.1 Å². The van der Waals surface area contributed by atoms with Gasteiger partial charge >= 0.3 is 0 Å². The van der Waals surface area contributed by atoms with Gasteiger partial charge in [0, 0.05) is 18.6 Å². The van der Waals surface area contributed by atoms with Crippen LogP contribution in [0, 0.1) is 17.0 Å². The Bertz CT molecular complexity index is 464. The van der Waals surface area contributed by atoms with Crippen molar-refractivity contribution in [2.24, 2.45) is 5.41 Å². The molecule has 0 bridgehead atoms. The smallest absolute Gasteiger partial charge is 0.252 e. The summed E-state index contributed by atoms with van der Waals surface area (Å²) < 4.78 is 25.8. The molecule has 1 aromatic rings. The molecule has 0 saturated carbocycles. The zero-order valence-electron chi connectivity index (χ0n) is 10.1. The van der Waals surface area contributed by atoms with E-state index in [1.165, 1.54) is 0 Å². The average molecular weight is 278 g/mol. The number of halogens is 3. The molecule has 0 heterocycles. The monoisotopic (exact) mass is 277 g/mol. The van der Waals surface area contributed by atoms with Crippen LogP contribution in [-0.4, -0.2) is 24.2 Å². The highest BCUT2D eigenvalue weighted by Crippen LogP contribution is 2.20. The highest BCUT2D eigenvalue weighted by atomic mass is 35.5. The zero-order chi connectivity index (χ0) is 13.9. The minimum Gasteiger partial charge on any atom is -0.396 e. The Hall–Kier alpha value is -1.20. The number of aliphatic hydroxyl groups excluding tert-OH is 1. The number of hydrogen-bond donors (Lipinski definition) is 2. The van der Waals surface area contributed by atoms with Crippen molar-refractivity contribution in [3.8, 4) is 0 Å². The molecule has 2 N–H and O–H groups in total. The Kier molecular flexibility index (Phi) is 4.65. The van der Waals surface area contributed by atoms with E-state index in [0.717, 1.165) is 12.1 Å². The largest absolute Gasteiger partial charge is 0.396 e. The van der Waals surface area contributed by atoms with Crippen LogP contribution in [0.5, 0.6) is 0 Å². The number of aliphatic hydroxyl groups is 1. The first-order valence-electron chi connectivity index (χ1n) is 5.30. The van der Waals surface area contributed by atoms with E-state index in [2.05, 4.69) is 5.32 Å². The topological polar surface area (TPSA) is 49.3 Å². The molecule has 0 atom stereocenters. The third-order valence-electron chi connectivity index (χ3n) is 2.41. The maximum Gasteiger partial charge on any atom is 0.252 e. The molecule has 100 valence electrons. The number of amides is 1. The van der Waals surface area contributed by atoms with E-state index in [-0.39, 0.29) is 23.7 Å². The third kappa shape index (κ3) is 3.65. The Morgan fingerprint density at radius 1 is 1.39 bits per heavy atom. The van der Waals surface area contributed by atoms with E-state index < -0.39 is 23.0 Å². The molecule has 1 aromatic carbocycles. The average Bonchev–Trinajstić information content (AvgIpc) is 2.31. The van der Waals surface area contributed by atoms with Gasteiger partial charge in [0.1, 0.15) is 0 Å². The standard InChI is InChI=1S/C12H14ClF2NO2/c1-12(2,6-17)5-16-11(18)7-3-9(14)10(15)4-8(7)13/h3-4,17H,5-6H2,1-2H3,(H,16,18). The Balaban J connectivity index is 2.82. The molecule has 0 fully saturated rings. The lowest BCUT2D eigenvalue weighted by molar-refractivity contribution is 0.0910. The second-order valence-electron chi connectivity index (χ2n) is 4.75. The van der Waals surface area contributed by atoms with Gasteiger partial charge in [-0.1, -0.05) is 25.4 Å². The summed E-state index contributed by atoms with van der Waals surface area (Å²) in [5.74, 6) is -2.85. The third-order valence-corrected chi connectivity index (χ3v) is 2.72. The van der Waals surface area contributed by atoms with Gasteiger partial charge in [0.15, 0.2) is 11.6 Å². The van der Waals surface area contributed by atoms with Crippen molar-refractivity contribution in [1.29, 1.82) is 0 Å². The van der Waals surface area contributed by atoms with Crippen LogP contribution in [0.1, 0.15) is 24.2 Å². The van der Waals surface area contributed by atoms with Gasteiger partial charge in [-0.05, 0) is 12.1 Å². The zero-order valence-corrected chi connectivity index (χ0v) is 10.8. The van der Waals surface area contributed by atoms with Gasteiger partial charge in [0.05, 0.1) is 10.6 Å². The highest BCUT2D eigenvalue weighted by Gasteiger charge is 2.20. The van der Waals surface area contributed by atoms with E-state index in [1.54, 1.807) is 13.8 Å². The second-order valence-corrected chi connectivity index (χ2v) is 5.16. The fourth-order valence-corrected chi connectivity index (χ4v) is 1.40. The summed E-state index contributed by atoms with van der Waals surface area (Å²) in [7, 11) is 0. The first-order valence-corrected chi connectivity index (χ1v) is 5.68. The number of benzene rings is 1. The molecule has 1 amide bonds. The van der Waals surface area contributed by atoms with Crippen LogP contribution < -0.4 is 5.32 Å². The molecule has 0 radical (unpaired) electrons. The first-order chi connectivity index (χ1) is 8.26. The summed E-state index contributed by atoms with van der Waals surface area (Å²) in [5.41, 5.74) is -0.634. The summed E-state index contributed by atoms with van der Waals surface area (Å²) in [6.07, 6.45) is 0. The lowest BCUT2D eigenvalue weighted by Gasteiger charge is -2.21. The van der Waals surface area contributed by atoms with Crippen LogP contribution >= 0.6 is 11.6 Å². The molecule has 0 aliphatic heterocycles. The van der Waals surface area contributed by atoms with E-state index in [0.29, 0.717) is 0 Å². The Labute approximate surface area is 109 Å². The molecule has 0 saturated heterocycles. The fraction of sp³-hybridized carbons (Fsp3) is 0.417. The lowest BCUT2D eigenvalue weighted by Crippen LogP contribution is -2.36. The molecule has 18 heavy (non-hydrogen) atoms. The molecular formula is C12H14ClF2NO2. The van der Waals surface area contributed by atoms with Gasteiger partial charge in [-0.25, -0.2) is 8.78 Å². The van der Waals surface area contributed by atoms with Crippen LogP contribution in [0.2, 0.25) is 5.02 Å². The van der Waals surface area contributed by atoms with Crippen molar-refractivity contribution < 1.29 is 18.7 Å². The predicted molar refractivity (Wildman–Crippen MR) is 64.6 cm³/mol. The maximum atomic E-state index is 13.0. The van der Waals surface area contributed by atoms with Crippen LogP contribution in [0.3, 0.4) is 0 Å². The summed E-state index contributed by atoms with van der Waals surface area (Å²) in [6, 6.07) is 1.50. The van der Waals surface area contributed by atoms with Crippen molar-refractivity contribution in [3.05, 3.63) is 34.4 Å². The normalized spacial score (nSPS) is 11.4. The number of hydrogen-bond acceptors (Lipinski definition) is 2. The van der Waals surface area contributed by atoms with Crippen molar-refractivity contribution in [2.75, 3.05) is 13.2 Å². The minimum atomic E-state index is -1.13. The molecule has 0 aromatic heterocycles. The van der Waals surface area contributed by atoms with Gasteiger partial charge < -0.3 is 10.4 Å². The number of nitrogens with one attached hydrogen (secondary N) is 1. The van der Waals surface area contributed by atoms with Crippen LogP contribution in [0.25, 0.3) is 0 Å².